The second-order valence-electron chi connectivity index (χ2n) is 19.0. The molecule has 0 fully saturated rings. The van der Waals surface area contributed by atoms with Crippen molar-refractivity contribution in [3.63, 3.8) is 0 Å². The molecule has 0 amide bonds. The molecule has 0 aromatic heterocycles. The van der Waals surface area contributed by atoms with E-state index in [4.69, 9.17) is 10.5 Å². The highest BCUT2D eigenvalue weighted by atomic mass is 16.5. The molecule has 2 N–H and O–H groups in total. The monoisotopic (exact) mass is 820 g/mol. The Morgan fingerprint density at radius 2 is 0.952 bits per heavy atom. The van der Waals surface area contributed by atoms with E-state index in [1.54, 1.807) is 0 Å². The molecule has 2 atom stereocenters. The Kier molecular flexibility index (Phi) is 9.80. The quantitative estimate of drug-likeness (QED) is 0.149. The second kappa shape index (κ2) is 15.3. The Labute approximate surface area is 373 Å². The summed E-state index contributed by atoms with van der Waals surface area (Å²) in [6, 6.07) is 69.4. The SMILES string of the molecule is CC(C)c1ccc(C2(c3ccc(Oc4ccc(C(C)(C)C(C)N)cc4)cc3)c3ccccc3-c3ccc(N(c4ccccc4)c4ccc5c(c4)C(C)(C)c4ccccc4-5)cc32)cc1. The normalized spacial score (nSPS) is 16.2. The predicted molar refractivity (Wildman–Crippen MR) is 263 cm³/mol. The van der Waals surface area contributed by atoms with Crippen LogP contribution in [0.2, 0.25) is 0 Å². The van der Waals surface area contributed by atoms with Gasteiger partial charge < -0.3 is 15.4 Å². The summed E-state index contributed by atoms with van der Waals surface area (Å²) in [5.74, 6) is 2.01. The van der Waals surface area contributed by atoms with Gasteiger partial charge in [-0.15, -0.1) is 0 Å². The molecule has 3 nitrogen and oxygen atoms in total. The first-order chi connectivity index (χ1) is 30.4. The van der Waals surface area contributed by atoms with E-state index in [-0.39, 0.29) is 16.9 Å². The van der Waals surface area contributed by atoms with E-state index in [0.717, 1.165) is 28.6 Å². The maximum atomic E-state index is 6.52. The average Bonchev–Trinajstić information content (AvgIpc) is 3.72. The number of nitrogens with two attached hydrogens (primary N) is 1. The van der Waals surface area contributed by atoms with E-state index in [1.165, 1.54) is 66.8 Å². The molecular formula is C60H56N2O. The van der Waals surface area contributed by atoms with Crippen LogP contribution in [0.15, 0.2) is 188 Å². The lowest BCUT2D eigenvalue weighted by molar-refractivity contribution is 0.432. The third kappa shape index (κ3) is 6.52. The predicted octanol–water partition coefficient (Wildman–Crippen LogP) is 15.4. The molecule has 2 aliphatic carbocycles. The maximum Gasteiger partial charge on any atom is 0.127 e. The van der Waals surface area contributed by atoms with Crippen molar-refractivity contribution in [3.05, 3.63) is 233 Å². The number of hydrogen-bond donors (Lipinski definition) is 1. The Balaban J connectivity index is 1.13. The molecule has 63 heavy (non-hydrogen) atoms. The number of benzene rings is 8. The first kappa shape index (κ1) is 40.4. The highest BCUT2D eigenvalue weighted by Crippen LogP contribution is 2.58. The van der Waals surface area contributed by atoms with Crippen LogP contribution >= 0.6 is 0 Å². The van der Waals surface area contributed by atoms with Crippen molar-refractivity contribution < 1.29 is 4.74 Å². The smallest absolute Gasteiger partial charge is 0.127 e. The molecule has 10 rings (SSSR count). The molecule has 8 aromatic rings. The molecular weight excluding hydrogens is 765 g/mol. The average molecular weight is 821 g/mol. The van der Waals surface area contributed by atoms with Gasteiger partial charge in [-0.3, -0.25) is 0 Å². The van der Waals surface area contributed by atoms with Crippen molar-refractivity contribution in [2.75, 3.05) is 4.90 Å². The zero-order chi connectivity index (χ0) is 43.7. The van der Waals surface area contributed by atoms with E-state index in [1.807, 2.05) is 0 Å². The number of hydrogen-bond acceptors (Lipinski definition) is 3. The van der Waals surface area contributed by atoms with E-state index in [0.29, 0.717) is 5.92 Å². The fourth-order valence-electron chi connectivity index (χ4n) is 10.3. The van der Waals surface area contributed by atoms with Crippen molar-refractivity contribution in [2.24, 2.45) is 5.73 Å². The van der Waals surface area contributed by atoms with Gasteiger partial charge in [-0.05, 0) is 140 Å². The van der Waals surface area contributed by atoms with Gasteiger partial charge in [0.1, 0.15) is 11.5 Å². The highest BCUT2D eigenvalue weighted by molar-refractivity contribution is 5.90. The van der Waals surface area contributed by atoms with Crippen LogP contribution in [0.3, 0.4) is 0 Å². The van der Waals surface area contributed by atoms with Gasteiger partial charge in [0.05, 0.1) is 5.41 Å². The Morgan fingerprint density at radius 3 is 1.54 bits per heavy atom. The summed E-state index contributed by atoms with van der Waals surface area (Å²) >= 11 is 0. The zero-order valence-electron chi connectivity index (χ0n) is 37.5. The minimum atomic E-state index is -0.605. The molecule has 2 aliphatic rings. The van der Waals surface area contributed by atoms with Crippen LogP contribution in [0, 0.1) is 0 Å². The maximum absolute atomic E-state index is 6.52. The molecule has 0 spiro atoms. The lowest BCUT2D eigenvalue weighted by atomic mass is 9.67. The summed E-state index contributed by atoms with van der Waals surface area (Å²) in [5.41, 5.74) is 24.2. The molecule has 0 aliphatic heterocycles. The third-order valence-corrected chi connectivity index (χ3v) is 14.4. The number of nitrogens with zero attached hydrogens (tertiary/aromatic N) is 1. The van der Waals surface area contributed by atoms with Gasteiger partial charge in [0.2, 0.25) is 0 Å². The number of rotatable bonds is 10. The summed E-state index contributed by atoms with van der Waals surface area (Å²) in [6.45, 7) is 15.7. The van der Waals surface area contributed by atoms with Crippen LogP contribution in [0.1, 0.15) is 98.9 Å². The Morgan fingerprint density at radius 1 is 0.476 bits per heavy atom. The van der Waals surface area contributed by atoms with Crippen molar-refractivity contribution in [3.8, 4) is 33.8 Å². The molecule has 312 valence electrons. The topological polar surface area (TPSA) is 38.5 Å². The second-order valence-corrected chi connectivity index (χ2v) is 19.0. The molecule has 0 radical (unpaired) electrons. The lowest BCUT2D eigenvalue weighted by Gasteiger charge is -2.35. The van der Waals surface area contributed by atoms with Gasteiger partial charge >= 0.3 is 0 Å². The van der Waals surface area contributed by atoms with Crippen molar-refractivity contribution in [1.82, 2.24) is 0 Å². The first-order valence-corrected chi connectivity index (χ1v) is 22.5. The number of anilines is 3. The standard InChI is InChI=1S/C60H56N2O/c1-39(2)41-21-23-43(24-22-41)60(44-27-33-49(34-28-44)63-48-31-25-42(26-32-48)58(4,5)40(3)61)55-20-14-12-18-51(55)53-36-30-47(38-57(53)60)62(45-15-9-8-10-16-45)46-29-35-52-50-17-11-13-19-54(50)59(6,7)56(52)37-46/h8-40H,61H2,1-7H3. The van der Waals surface area contributed by atoms with Gasteiger partial charge in [-0.1, -0.05) is 169 Å². The van der Waals surface area contributed by atoms with Crippen LogP contribution in [-0.2, 0) is 16.2 Å². The largest absolute Gasteiger partial charge is 0.457 e. The summed E-state index contributed by atoms with van der Waals surface area (Å²) in [7, 11) is 0. The lowest BCUT2D eigenvalue weighted by Crippen LogP contribution is -2.38. The van der Waals surface area contributed by atoms with Gasteiger partial charge in [-0.2, -0.15) is 0 Å². The minimum absolute atomic E-state index is 0.0268. The Hall–Kier alpha value is -6.68. The third-order valence-electron chi connectivity index (χ3n) is 14.4. The van der Waals surface area contributed by atoms with E-state index < -0.39 is 5.41 Å². The molecule has 0 heterocycles. The number of para-hydroxylation sites is 1. The van der Waals surface area contributed by atoms with Gasteiger partial charge in [0.15, 0.2) is 0 Å². The van der Waals surface area contributed by atoms with E-state index in [2.05, 4.69) is 241 Å². The highest BCUT2D eigenvalue weighted by Gasteiger charge is 2.46. The fraction of sp³-hybridized carbons (Fsp3) is 0.200. The van der Waals surface area contributed by atoms with Gasteiger partial charge in [0.25, 0.3) is 0 Å². The molecule has 2 unspecified atom stereocenters. The van der Waals surface area contributed by atoms with Crippen LogP contribution < -0.4 is 15.4 Å². The van der Waals surface area contributed by atoms with Crippen LogP contribution in [0.4, 0.5) is 17.1 Å². The summed E-state index contributed by atoms with van der Waals surface area (Å²) in [5, 5.41) is 0. The number of fused-ring (bicyclic) bond motifs is 6. The van der Waals surface area contributed by atoms with Crippen molar-refractivity contribution in [1.29, 1.82) is 0 Å². The summed E-state index contributed by atoms with van der Waals surface area (Å²) < 4.78 is 6.52. The van der Waals surface area contributed by atoms with Crippen LogP contribution in [0.25, 0.3) is 22.3 Å². The molecule has 0 bridgehead atoms. The minimum Gasteiger partial charge on any atom is -0.457 e. The van der Waals surface area contributed by atoms with Gasteiger partial charge in [0, 0.05) is 33.9 Å². The summed E-state index contributed by atoms with van der Waals surface area (Å²) in [6.07, 6.45) is 0. The fourth-order valence-corrected chi connectivity index (χ4v) is 10.3. The van der Waals surface area contributed by atoms with E-state index in [9.17, 15) is 0 Å². The molecule has 0 saturated heterocycles. The van der Waals surface area contributed by atoms with Crippen molar-refractivity contribution in [2.45, 2.75) is 76.7 Å². The first-order valence-electron chi connectivity index (χ1n) is 22.5. The zero-order valence-corrected chi connectivity index (χ0v) is 37.5. The number of ether oxygens (including phenoxy) is 1. The molecule has 8 aromatic carbocycles. The van der Waals surface area contributed by atoms with Crippen LogP contribution in [0.5, 0.6) is 11.5 Å². The van der Waals surface area contributed by atoms with Crippen molar-refractivity contribution >= 4 is 17.1 Å². The van der Waals surface area contributed by atoms with Gasteiger partial charge in [-0.25, -0.2) is 0 Å². The van der Waals surface area contributed by atoms with E-state index >= 15 is 0 Å². The molecule has 0 saturated carbocycles. The summed E-state index contributed by atoms with van der Waals surface area (Å²) in [4.78, 5) is 2.44. The molecule has 3 heteroatoms. The van der Waals surface area contributed by atoms with Crippen LogP contribution in [-0.4, -0.2) is 6.04 Å². The Bertz CT molecular complexity index is 2960.